The Hall–Kier alpha value is -2.12. The number of amides is 1. The fraction of sp³-hybridized carbons (Fsp3) is 0. The SMILES string of the molecule is O=C(/C=C/c1nc2ccccc2s1)Nc1nncs1. The first-order valence-electron chi connectivity index (χ1n) is 5.42. The molecule has 0 aliphatic rings. The van der Waals surface area contributed by atoms with Gasteiger partial charge in [-0.3, -0.25) is 10.1 Å². The zero-order chi connectivity index (χ0) is 13.1. The van der Waals surface area contributed by atoms with Crippen LogP contribution in [0.15, 0.2) is 35.9 Å². The monoisotopic (exact) mass is 288 g/mol. The van der Waals surface area contributed by atoms with Crippen molar-refractivity contribution in [3.05, 3.63) is 40.9 Å². The third-order valence-electron chi connectivity index (χ3n) is 2.28. The molecule has 2 aromatic heterocycles. The molecule has 0 bridgehead atoms. The molecule has 0 saturated heterocycles. The minimum absolute atomic E-state index is 0.240. The van der Waals surface area contributed by atoms with Gasteiger partial charge in [-0.25, -0.2) is 4.98 Å². The van der Waals surface area contributed by atoms with Gasteiger partial charge in [0.05, 0.1) is 10.2 Å². The Morgan fingerprint density at radius 3 is 3.00 bits per heavy atom. The molecular formula is C12H8N4OS2. The summed E-state index contributed by atoms with van der Waals surface area (Å²) in [6.45, 7) is 0. The molecule has 94 valence electrons. The zero-order valence-electron chi connectivity index (χ0n) is 9.61. The lowest BCUT2D eigenvalue weighted by molar-refractivity contribution is -0.111. The Labute approximate surface area is 116 Å². The number of carbonyl (C=O) groups is 1. The predicted molar refractivity (Wildman–Crippen MR) is 77.2 cm³/mol. The number of para-hydroxylation sites is 1. The van der Waals surface area contributed by atoms with Crippen LogP contribution >= 0.6 is 22.7 Å². The van der Waals surface area contributed by atoms with Gasteiger partial charge in [-0.05, 0) is 18.2 Å². The number of nitrogens with zero attached hydrogens (tertiary/aromatic N) is 3. The molecular weight excluding hydrogens is 280 g/mol. The Bertz CT molecular complexity index is 700. The van der Waals surface area contributed by atoms with Gasteiger partial charge in [0.25, 0.3) is 0 Å². The van der Waals surface area contributed by atoms with Crippen molar-refractivity contribution < 1.29 is 4.79 Å². The molecule has 0 fully saturated rings. The van der Waals surface area contributed by atoms with Crippen LogP contribution in [0.1, 0.15) is 5.01 Å². The molecule has 0 spiro atoms. The van der Waals surface area contributed by atoms with E-state index in [1.165, 1.54) is 17.4 Å². The maximum Gasteiger partial charge on any atom is 0.250 e. The minimum atomic E-state index is -0.240. The molecule has 0 atom stereocenters. The van der Waals surface area contributed by atoms with Crippen LogP contribution in [0.4, 0.5) is 5.13 Å². The maximum atomic E-state index is 11.6. The average Bonchev–Trinajstić information content (AvgIpc) is 3.04. The minimum Gasteiger partial charge on any atom is -0.297 e. The summed E-state index contributed by atoms with van der Waals surface area (Å²) >= 11 is 2.82. The van der Waals surface area contributed by atoms with Crippen molar-refractivity contribution in [2.24, 2.45) is 0 Å². The van der Waals surface area contributed by atoms with Gasteiger partial charge >= 0.3 is 0 Å². The van der Waals surface area contributed by atoms with E-state index in [2.05, 4.69) is 20.5 Å². The third-order valence-corrected chi connectivity index (χ3v) is 3.89. The van der Waals surface area contributed by atoms with Crippen molar-refractivity contribution in [1.82, 2.24) is 15.2 Å². The lowest BCUT2D eigenvalue weighted by atomic mass is 10.3. The lowest BCUT2D eigenvalue weighted by Crippen LogP contribution is -2.07. The van der Waals surface area contributed by atoms with Gasteiger partial charge in [-0.2, -0.15) is 0 Å². The molecule has 5 nitrogen and oxygen atoms in total. The molecule has 0 saturated carbocycles. The highest BCUT2D eigenvalue weighted by atomic mass is 32.1. The van der Waals surface area contributed by atoms with Crippen LogP contribution < -0.4 is 5.32 Å². The Morgan fingerprint density at radius 1 is 1.32 bits per heavy atom. The number of hydrogen-bond donors (Lipinski definition) is 1. The number of nitrogens with one attached hydrogen (secondary N) is 1. The maximum absolute atomic E-state index is 11.6. The van der Waals surface area contributed by atoms with E-state index in [0.717, 1.165) is 15.2 Å². The number of anilines is 1. The number of carbonyl (C=O) groups excluding carboxylic acids is 1. The van der Waals surface area contributed by atoms with Gasteiger partial charge in [0, 0.05) is 6.08 Å². The second-order valence-electron chi connectivity index (χ2n) is 3.59. The van der Waals surface area contributed by atoms with Gasteiger partial charge in [0.1, 0.15) is 10.5 Å². The number of benzene rings is 1. The van der Waals surface area contributed by atoms with E-state index >= 15 is 0 Å². The number of hydrogen-bond acceptors (Lipinski definition) is 6. The topological polar surface area (TPSA) is 67.8 Å². The fourth-order valence-corrected chi connectivity index (χ4v) is 2.80. The van der Waals surface area contributed by atoms with E-state index in [1.807, 2.05) is 24.3 Å². The van der Waals surface area contributed by atoms with Crippen molar-refractivity contribution in [2.45, 2.75) is 0 Å². The van der Waals surface area contributed by atoms with Gasteiger partial charge in [-0.1, -0.05) is 23.5 Å². The number of aromatic nitrogens is 3. The molecule has 0 unspecified atom stereocenters. The van der Waals surface area contributed by atoms with Crippen LogP contribution in [0, 0.1) is 0 Å². The quantitative estimate of drug-likeness (QED) is 0.752. The van der Waals surface area contributed by atoms with E-state index in [4.69, 9.17) is 0 Å². The van der Waals surface area contributed by atoms with Crippen molar-refractivity contribution in [3.63, 3.8) is 0 Å². The van der Waals surface area contributed by atoms with Crippen molar-refractivity contribution in [3.8, 4) is 0 Å². The molecule has 3 rings (SSSR count). The summed E-state index contributed by atoms with van der Waals surface area (Å²) in [6.07, 6.45) is 3.14. The molecule has 1 amide bonds. The molecule has 19 heavy (non-hydrogen) atoms. The van der Waals surface area contributed by atoms with E-state index in [0.29, 0.717) is 5.13 Å². The zero-order valence-corrected chi connectivity index (χ0v) is 11.2. The summed E-state index contributed by atoms with van der Waals surface area (Å²) < 4.78 is 1.10. The van der Waals surface area contributed by atoms with E-state index in [-0.39, 0.29) is 5.91 Å². The van der Waals surface area contributed by atoms with Crippen molar-refractivity contribution in [2.75, 3.05) is 5.32 Å². The third kappa shape index (κ3) is 2.83. The summed E-state index contributed by atoms with van der Waals surface area (Å²) in [5, 5.41) is 11.3. The fourth-order valence-electron chi connectivity index (χ4n) is 1.48. The predicted octanol–water partition coefficient (Wildman–Crippen LogP) is 2.80. The van der Waals surface area contributed by atoms with Crippen LogP contribution in [-0.4, -0.2) is 21.1 Å². The van der Waals surface area contributed by atoms with Crippen LogP contribution in [0.5, 0.6) is 0 Å². The van der Waals surface area contributed by atoms with Gasteiger partial charge in [0.15, 0.2) is 0 Å². The normalized spacial score (nSPS) is 11.2. The largest absolute Gasteiger partial charge is 0.297 e. The van der Waals surface area contributed by atoms with E-state index < -0.39 is 0 Å². The first-order valence-corrected chi connectivity index (χ1v) is 7.12. The van der Waals surface area contributed by atoms with Crippen LogP contribution in [-0.2, 0) is 4.79 Å². The summed E-state index contributed by atoms with van der Waals surface area (Å²) in [4.78, 5) is 16.0. The highest BCUT2D eigenvalue weighted by Gasteiger charge is 2.02. The Morgan fingerprint density at radius 2 is 2.21 bits per heavy atom. The molecule has 1 N–H and O–H groups in total. The number of fused-ring (bicyclic) bond motifs is 1. The number of rotatable bonds is 3. The first-order chi connectivity index (χ1) is 9.31. The average molecular weight is 288 g/mol. The molecule has 0 radical (unpaired) electrons. The molecule has 0 aliphatic carbocycles. The summed E-state index contributed by atoms with van der Waals surface area (Å²) in [5.41, 5.74) is 2.50. The van der Waals surface area contributed by atoms with E-state index in [9.17, 15) is 4.79 Å². The molecule has 1 aromatic carbocycles. The van der Waals surface area contributed by atoms with Crippen LogP contribution in [0.2, 0.25) is 0 Å². The van der Waals surface area contributed by atoms with Gasteiger partial charge in [-0.15, -0.1) is 21.5 Å². The van der Waals surface area contributed by atoms with Gasteiger partial charge < -0.3 is 0 Å². The second-order valence-corrected chi connectivity index (χ2v) is 5.48. The first kappa shape index (κ1) is 11.9. The molecule has 3 aromatic rings. The summed E-state index contributed by atoms with van der Waals surface area (Å²) in [6, 6.07) is 7.87. The summed E-state index contributed by atoms with van der Waals surface area (Å²) in [5.74, 6) is -0.240. The smallest absolute Gasteiger partial charge is 0.250 e. The lowest BCUT2D eigenvalue weighted by Gasteiger charge is -1.92. The van der Waals surface area contributed by atoms with E-state index in [1.54, 1.807) is 22.9 Å². The second kappa shape index (κ2) is 5.25. The highest BCUT2D eigenvalue weighted by Crippen LogP contribution is 2.22. The standard InChI is InChI=1S/C12H8N4OS2/c17-10(15-12-16-13-7-18-12)5-6-11-14-8-3-1-2-4-9(8)19-11/h1-7H,(H,15,16,17)/b6-5+. The molecule has 2 heterocycles. The highest BCUT2D eigenvalue weighted by molar-refractivity contribution is 7.19. The van der Waals surface area contributed by atoms with Crippen molar-refractivity contribution >= 4 is 50.0 Å². The molecule has 7 heteroatoms. The molecule has 0 aliphatic heterocycles. The number of thiazole rings is 1. The van der Waals surface area contributed by atoms with Crippen molar-refractivity contribution in [1.29, 1.82) is 0 Å². The Balaban J connectivity index is 1.73. The van der Waals surface area contributed by atoms with Crippen LogP contribution in [0.3, 0.4) is 0 Å². The Kier molecular flexibility index (Phi) is 3.30. The van der Waals surface area contributed by atoms with Crippen LogP contribution in [0.25, 0.3) is 16.3 Å². The summed E-state index contributed by atoms with van der Waals surface area (Å²) in [7, 11) is 0. The van der Waals surface area contributed by atoms with Gasteiger partial charge in [0.2, 0.25) is 11.0 Å².